The summed E-state index contributed by atoms with van der Waals surface area (Å²) in [5, 5.41) is 0. The number of carbonyl (C=O) groups is 1. The van der Waals surface area contributed by atoms with Gasteiger partial charge in [0.15, 0.2) is 0 Å². The molecule has 19 heavy (non-hydrogen) atoms. The van der Waals surface area contributed by atoms with E-state index in [1.54, 1.807) is 4.90 Å². The monoisotopic (exact) mass is 273 g/mol. The quantitative estimate of drug-likeness (QED) is 0.775. The van der Waals surface area contributed by atoms with Crippen LogP contribution in [0.15, 0.2) is 0 Å². The highest BCUT2D eigenvalue weighted by atomic mass is 16.6. The lowest BCUT2D eigenvalue weighted by Crippen LogP contribution is -2.44. The number of nitrogens with two attached hydrogens (primary N) is 2. The summed E-state index contributed by atoms with van der Waals surface area (Å²) in [6, 6.07) is 0.0917. The highest BCUT2D eigenvalue weighted by Gasteiger charge is 2.25. The highest BCUT2D eigenvalue weighted by Crippen LogP contribution is 2.15. The molecular formula is C14H31N3O2. The molecule has 0 aliphatic carbocycles. The van der Waals surface area contributed by atoms with E-state index >= 15 is 0 Å². The Morgan fingerprint density at radius 2 is 1.79 bits per heavy atom. The van der Waals surface area contributed by atoms with Crippen LogP contribution in [0.2, 0.25) is 0 Å². The largest absolute Gasteiger partial charge is 0.444 e. The SMILES string of the molecule is CC(C[C@H](N)CN)CN(C(=O)OC(C)(C)C)C(C)C. The molecule has 0 radical (unpaired) electrons. The predicted molar refractivity (Wildman–Crippen MR) is 78.9 cm³/mol. The lowest BCUT2D eigenvalue weighted by atomic mass is 10.0. The molecule has 1 unspecified atom stereocenters. The Kier molecular flexibility index (Phi) is 7.37. The van der Waals surface area contributed by atoms with E-state index in [-0.39, 0.29) is 18.2 Å². The first-order valence-corrected chi connectivity index (χ1v) is 7.02. The van der Waals surface area contributed by atoms with Crippen LogP contribution in [0.3, 0.4) is 0 Å². The number of rotatable bonds is 6. The van der Waals surface area contributed by atoms with Crippen LogP contribution in [0.1, 0.15) is 48.0 Å². The Balaban J connectivity index is 4.53. The highest BCUT2D eigenvalue weighted by molar-refractivity contribution is 5.68. The smallest absolute Gasteiger partial charge is 0.410 e. The van der Waals surface area contributed by atoms with Crippen molar-refractivity contribution in [2.75, 3.05) is 13.1 Å². The Morgan fingerprint density at radius 1 is 1.26 bits per heavy atom. The molecule has 2 atom stereocenters. The summed E-state index contributed by atoms with van der Waals surface area (Å²) in [6.45, 7) is 12.8. The fourth-order valence-electron chi connectivity index (χ4n) is 1.84. The second kappa shape index (κ2) is 7.70. The standard InChI is InChI=1S/C14H31N3O2/c1-10(2)17(13(18)19-14(4,5)6)9-11(3)7-12(16)8-15/h10-12H,7-9,15-16H2,1-6H3/t11?,12-/m0/s1. The number of hydrogen-bond acceptors (Lipinski definition) is 4. The van der Waals surface area contributed by atoms with Crippen molar-refractivity contribution in [1.29, 1.82) is 0 Å². The van der Waals surface area contributed by atoms with Gasteiger partial charge < -0.3 is 21.1 Å². The minimum Gasteiger partial charge on any atom is -0.444 e. The molecule has 0 saturated carbocycles. The van der Waals surface area contributed by atoms with E-state index in [2.05, 4.69) is 6.92 Å². The fraction of sp³-hybridized carbons (Fsp3) is 0.929. The van der Waals surface area contributed by atoms with Crippen molar-refractivity contribution in [2.45, 2.75) is 65.6 Å². The summed E-state index contributed by atoms with van der Waals surface area (Å²) in [5.41, 5.74) is 10.9. The van der Waals surface area contributed by atoms with Gasteiger partial charge >= 0.3 is 6.09 Å². The third-order valence-electron chi connectivity index (χ3n) is 2.77. The van der Waals surface area contributed by atoms with Crippen LogP contribution in [-0.2, 0) is 4.74 Å². The van der Waals surface area contributed by atoms with Gasteiger partial charge in [0.05, 0.1) is 0 Å². The molecular weight excluding hydrogens is 242 g/mol. The van der Waals surface area contributed by atoms with Gasteiger partial charge in [-0.2, -0.15) is 0 Å². The molecule has 0 fully saturated rings. The molecule has 0 aromatic rings. The predicted octanol–water partition coefficient (Wildman–Crippen LogP) is 1.94. The molecule has 0 spiro atoms. The molecule has 1 amide bonds. The van der Waals surface area contributed by atoms with E-state index in [4.69, 9.17) is 16.2 Å². The molecule has 5 heteroatoms. The zero-order chi connectivity index (χ0) is 15.2. The van der Waals surface area contributed by atoms with Crippen molar-refractivity contribution in [3.63, 3.8) is 0 Å². The van der Waals surface area contributed by atoms with Crippen LogP contribution in [0.25, 0.3) is 0 Å². The van der Waals surface area contributed by atoms with Gasteiger partial charge in [-0.1, -0.05) is 6.92 Å². The number of hydrogen-bond donors (Lipinski definition) is 2. The van der Waals surface area contributed by atoms with Gasteiger partial charge in [-0.25, -0.2) is 4.79 Å². The van der Waals surface area contributed by atoms with Gasteiger partial charge in [0.25, 0.3) is 0 Å². The molecule has 0 saturated heterocycles. The second-order valence-corrected chi connectivity index (χ2v) is 6.56. The van der Waals surface area contributed by atoms with Crippen LogP contribution in [0.5, 0.6) is 0 Å². The van der Waals surface area contributed by atoms with Crippen molar-refractivity contribution in [3.8, 4) is 0 Å². The van der Waals surface area contributed by atoms with Crippen molar-refractivity contribution in [2.24, 2.45) is 17.4 Å². The lowest BCUT2D eigenvalue weighted by Gasteiger charge is -2.32. The third kappa shape index (κ3) is 8.06. The Labute approximate surface area is 117 Å². The van der Waals surface area contributed by atoms with E-state index in [0.29, 0.717) is 19.0 Å². The van der Waals surface area contributed by atoms with E-state index in [1.165, 1.54) is 0 Å². The number of nitrogens with zero attached hydrogens (tertiary/aromatic N) is 1. The van der Waals surface area contributed by atoms with E-state index in [0.717, 1.165) is 6.42 Å². The van der Waals surface area contributed by atoms with Crippen molar-refractivity contribution in [1.82, 2.24) is 4.90 Å². The molecule has 4 N–H and O–H groups in total. The lowest BCUT2D eigenvalue weighted by molar-refractivity contribution is 0.0157. The topological polar surface area (TPSA) is 81.6 Å². The molecule has 0 aliphatic rings. The zero-order valence-corrected chi connectivity index (χ0v) is 13.3. The first kappa shape index (κ1) is 18.2. The number of amides is 1. The van der Waals surface area contributed by atoms with Crippen molar-refractivity contribution in [3.05, 3.63) is 0 Å². The molecule has 0 aliphatic heterocycles. The van der Waals surface area contributed by atoms with Gasteiger partial charge in [-0.05, 0) is 47.0 Å². The number of carbonyl (C=O) groups excluding carboxylic acids is 1. The summed E-state index contributed by atoms with van der Waals surface area (Å²) in [7, 11) is 0. The van der Waals surface area contributed by atoms with E-state index in [9.17, 15) is 4.79 Å². The minimum absolute atomic E-state index is 0.0114. The van der Waals surface area contributed by atoms with Crippen LogP contribution in [-0.4, -0.2) is 41.8 Å². The second-order valence-electron chi connectivity index (χ2n) is 6.56. The van der Waals surface area contributed by atoms with E-state index < -0.39 is 5.60 Å². The first-order valence-electron chi connectivity index (χ1n) is 7.02. The summed E-state index contributed by atoms with van der Waals surface area (Å²) >= 11 is 0. The van der Waals surface area contributed by atoms with E-state index in [1.807, 2.05) is 34.6 Å². The van der Waals surface area contributed by atoms with Crippen molar-refractivity contribution >= 4 is 6.09 Å². The molecule has 0 rings (SSSR count). The van der Waals surface area contributed by atoms with Gasteiger partial charge in [0.1, 0.15) is 5.60 Å². The average molecular weight is 273 g/mol. The van der Waals surface area contributed by atoms with Crippen LogP contribution in [0, 0.1) is 5.92 Å². The van der Waals surface area contributed by atoms with Gasteiger partial charge in [0.2, 0.25) is 0 Å². The molecule has 0 heterocycles. The molecule has 5 nitrogen and oxygen atoms in total. The third-order valence-corrected chi connectivity index (χ3v) is 2.77. The minimum atomic E-state index is -0.471. The number of ether oxygens (including phenoxy) is 1. The summed E-state index contributed by atoms with van der Waals surface area (Å²) in [5.74, 6) is 0.300. The van der Waals surface area contributed by atoms with Crippen molar-refractivity contribution < 1.29 is 9.53 Å². The van der Waals surface area contributed by atoms with Crippen LogP contribution < -0.4 is 11.5 Å². The van der Waals surface area contributed by atoms with Gasteiger partial charge in [0, 0.05) is 25.2 Å². The molecule has 0 aromatic carbocycles. The summed E-state index contributed by atoms with van der Waals surface area (Å²) < 4.78 is 5.42. The van der Waals surface area contributed by atoms with Gasteiger partial charge in [-0.3, -0.25) is 0 Å². The Bertz CT molecular complexity index is 274. The fourth-order valence-corrected chi connectivity index (χ4v) is 1.84. The Morgan fingerprint density at radius 3 is 2.16 bits per heavy atom. The summed E-state index contributed by atoms with van der Waals surface area (Å²) in [6.07, 6.45) is 0.540. The van der Waals surface area contributed by atoms with Crippen LogP contribution >= 0.6 is 0 Å². The summed E-state index contributed by atoms with van der Waals surface area (Å²) in [4.78, 5) is 13.9. The first-order chi connectivity index (χ1) is 8.56. The normalized spacial score (nSPS) is 15.2. The average Bonchev–Trinajstić information content (AvgIpc) is 2.22. The van der Waals surface area contributed by atoms with Crippen LogP contribution in [0.4, 0.5) is 4.79 Å². The zero-order valence-electron chi connectivity index (χ0n) is 13.3. The molecule has 0 bridgehead atoms. The van der Waals surface area contributed by atoms with Gasteiger partial charge in [-0.15, -0.1) is 0 Å². The Hall–Kier alpha value is -0.810. The maximum Gasteiger partial charge on any atom is 0.410 e. The molecule has 114 valence electrons. The maximum atomic E-state index is 12.1. The molecule has 0 aromatic heterocycles. The maximum absolute atomic E-state index is 12.1.